The van der Waals surface area contributed by atoms with Gasteiger partial charge < -0.3 is 4.42 Å². The van der Waals surface area contributed by atoms with Gasteiger partial charge in [-0.3, -0.25) is 4.57 Å². The summed E-state index contributed by atoms with van der Waals surface area (Å²) in [6, 6.07) is 2.75. The van der Waals surface area contributed by atoms with E-state index in [-0.39, 0.29) is 16.5 Å². The van der Waals surface area contributed by atoms with Crippen LogP contribution in [0.4, 0.5) is 0 Å². The van der Waals surface area contributed by atoms with E-state index in [0.717, 1.165) is 0 Å². The highest BCUT2D eigenvalue weighted by atomic mass is 35.5. The third-order valence-electron chi connectivity index (χ3n) is 2.38. The second-order valence-electron chi connectivity index (χ2n) is 3.90. The highest BCUT2D eigenvalue weighted by molar-refractivity contribution is 6.38. The van der Waals surface area contributed by atoms with E-state index in [4.69, 9.17) is 23.2 Å². The highest BCUT2D eigenvalue weighted by Crippen LogP contribution is 2.26. The lowest BCUT2D eigenvalue weighted by atomic mass is 10.2. The molecule has 0 atom stereocenters. The van der Waals surface area contributed by atoms with Crippen LogP contribution in [0.25, 0.3) is 10.9 Å². The van der Waals surface area contributed by atoms with Crippen LogP contribution in [-0.2, 0) is 0 Å². The number of halogens is 2. The Hall–Kier alpha value is -1.26. The molecule has 17 heavy (non-hydrogen) atoms. The Morgan fingerprint density at radius 1 is 1.24 bits per heavy atom. The molecule has 0 saturated carbocycles. The molecular weight excluding hydrogens is 265 g/mol. The molecule has 0 aliphatic carbocycles. The van der Waals surface area contributed by atoms with E-state index in [0.29, 0.717) is 10.5 Å². The Morgan fingerprint density at radius 2 is 1.88 bits per heavy atom. The fraction of sp³-hybridized carbons (Fsp3) is 0.273. The van der Waals surface area contributed by atoms with Gasteiger partial charge in [0.15, 0.2) is 0 Å². The molecule has 90 valence electrons. The average molecular weight is 274 g/mol. The van der Waals surface area contributed by atoms with E-state index in [1.54, 1.807) is 13.8 Å². The van der Waals surface area contributed by atoms with E-state index < -0.39 is 11.4 Å². The fourth-order valence-corrected chi connectivity index (χ4v) is 2.29. The van der Waals surface area contributed by atoms with Crippen molar-refractivity contribution in [2.24, 2.45) is 0 Å². The summed E-state index contributed by atoms with van der Waals surface area (Å²) in [5.41, 5.74) is -0.376. The molecular formula is C11H9Cl2NO3. The summed E-state index contributed by atoms with van der Waals surface area (Å²) >= 11 is 11.8. The van der Waals surface area contributed by atoms with E-state index in [1.165, 1.54) is 16.7 Å². The van der Waals surface area contributed by atoms with Gasteiger partial charge in [-0.15, -0.1) is 0 Å². The Labute approximate surface area is 106 Å². The molecule has 0 aliphatic heterocycles. The zero-order valence-corrected chi connectivity index (χ0v) is 10.7. The first-order valence-electron chi connectivity index (χ1n) is 4.96. The average Bonchev–Trinajstić information content (AvgIpc) is 2.19. The van der Waals surface area contributed by atoms with Gasteiger partial charge in [-0.2, -0.15) is 0 Å². The Kier molecular flexibility index (Phi) is 3.02. The van der Waals surface area contributed by atoms with Crippen LogP contribution in [0.3, 0.4) is 0 Å². The normalized spacial score (nSPS) is 11.4. The molecule has 1 aromatic heterocycles. The standard InChI is InChI=1S/C11H9Cl2NO3/c1-5(2)14-9-7(10(15)17-11(14)16)3-6(12)4-8(9)13/h3-5H,1-2H3. The molecule has 6 heteroatoms. The lowest BCUT2D eigenvalue weighted by Crippen LogP contribution is -2.26. The largest absolute Gasteiger partial charge is 0.422 e. The smallest absolute Gasteiger partial charge is 0.372 e. The summed E-state index contributed by atoms with van der Waals surface area (Å²) in [5.74, 6) is -0.721. The van der Waals surface area contributed by atoms with Gasteiger partial charge in [0.05, 0.1) is 15.9 Å². The molecule has 0 saturated heterocycles. The first-order valence-corrected chi connectivity index (χ1v) is 5.72. The second-order valence-corrected chi connectivity index (χ2v) is 4.75. The van der Waals surface area contributed by atoms with E-state index >= 15 is 0 Å². The van der Waals surface area contributed by atoms with Crippen molar-refractivity contribution in [2.75, 3.05) is 0 Å². The van der Waals surface area contributed by atoms with Crippen LogP contribution in [0.1, 0.15) is 19.9 Å². The number of aromatic nitrogens is 1. The fourth-order valence-electron chi connectivity index (χ4n) is 1.71. The van der Waals surface area contributed by atoms with Gasteiger partial charge in [-0.25, -0.2) is 9.59 Å². The molecule has 0 aliphatic rings. The summed E-state index contributed by atoms with van der Waals surface area (Å²) < 4.78 is 5.96. The van der Waals surface area contributed by atoms with Gasteiger partial charge in [0.1, 0.15) is 0 Å². The van der Waals surface area contributed by atoms with E-state index in [9.17, 15) is 9.59 Å². The predicted molar refractivity (Wildman–Crippen MR) is 67.1 cm³/mol. The second kappa shape index (κ2) is 4.20. The molecule has 0 unspecified atom stereocenters. The molecule has 0 amide bonds. The van der Waals surface area contributed by atoms with Crippen molar-refractivity contribution in [3.63, 3.8) is 0 Å². The molecule has 0 N–H and O–H groups in total. The Balaban J connectivity index is 3.11. The number of benzene rings is 1. The van der Waals surface area contributed by atoms with Crippen LogP contribution in [0.2, 0.25) is 10.0 Å². The number of hydrogen-bond donors (Lipinski definition) is 0. The van der Waals surface area contributed by atoms with Crippen molar-refractivity contribution in [1.82, 2.24) is 4.57 Å². The molecule has 4 nitrogen and oxygen atoms in total. The van der Waals surface area contributed by atoms with Crippen molar-refractivity contribution in [2.45, 2.75) is 19.9 Å². The Morgan fingerprint density at radius 3 is 2.47 bits per heavy atom. The molecule has 1 aromatic carbocycles. The van der Waals surface area contributed by atoms with Crippen molar-refractivity contribution in [1.29, 1.82) is 0 Å². The van der Waals surface area contributed by atoms with Gasteiger partial charge in [0.25, 0.3) is 0 Å². The quantitative estimate of drug-likeness (QED) is 0.803. The summed E-state index contributed by atoms with van der Waals surface area (Å²) in [7, 11) is 0. The van der Waals surface area contributed by atoms with Crippen LogP contribution in [-0.4, -0.2) is 4.57 Å². The minimum absolute atomic E-state index is 0.173. The lowest BCUT2D eigenvalue weighted by molar-refractivity contribution is 0.399. The maximum absolute atomic E-state index is 11.6. The minimum atomic E-state index is -0.730. The summed E-state index contributed by atoms with van der Waals surface area (Å²) in [5, 5.41) is 0.783. The van der Waals surface area contributed by atoms with Gasteiger partial charge in [0.2, 0.25) is 0 Å². The summed E-state index contributed by atoms with van der Waals surface area (Å²) in [6.07, 6.45) is 0. The number of nitrogens with zero attached hydrogens (tertiary/aromatic N) is 1. The van der Waals surface area contributed by atoms with Crippen LogP contribution in [0.15, 0.2) is 26.1 Å². The van der Waals surface area contributed by atoms with Crippen molar-refractivity contribution in [3.05, 3.63) is 43.1 Å². The predicted octanol–water partition coefficient (Wildman–Crippen LogP) is 2.84. The molecule has 1 heterocycles. The van der Waals surface area contributed by atoms with Crippen LogP contribution in [0.5, 0.6) is 0 Å². The SMILES string of the molecule is CC(C)n1c(=O)oc(=O)c2cc(Cl)cc(Cl)c21. The Bertz CT molecular complexity index is 700. The van der Waals surface area contributed by atoms with Crippen LogP contribution in [0, 0.1) is 0 Å². The van der Waals surface area contributed by atoms with Gasteiger partial charge in [-0.05, 0) is 26.0 Å². The van der Waals surface area contributed by atoms with Crippen LogP contribution >= 0.6 is 23.2 Å². The van der Waals surface area contributed by atoms with E-state index in [2.05, 4.69) is 4.42 Å². The summed E-state index contributed by atoms with van der Waals surface area (Å²) in [6.45, 7) is 3.59. The molecule has 0 bridgehead atoms. The molecule has 2 rings (SSSR count). The van der Waals surface area contributed by atoms with Crippen LogP contribution < -0.4 is 11.4 Å². The lowest BCUT2D eigenvalue weighted by Gasteiger charge is -2.12. The first kappa shape index (κ1) is 12.2. The van der Waals surface area contributed by atoms with E-state index in [1.807, 2.05) is 0 Å². The zero-order valence-electron chi connectivity index (χ0n) is 9.16. The summed E-state index contributed by atoms with van der Waals surface area (Å²) in [4.78, 5) is 23.2. The van der Waals surface area contributed by atoms with Crippen molar-refractivity contribution >= 4 is 34.1 Å². The molecule has 2 aromatic rings. The third kappa shape index (κ3) is 1.98. The maximum Gasteiger partial charge on any atom is 0.422 e. The number of rotatable bonds is 1. The minimum Gasteiger partial charge on any atom is -0.372 e. The van der Waals surface area contributed by atoms with Gasteiger partial charge >= 0.3 is 11.4 Å². The first-order chi connectivity index (χ1) is 7.91. The number of fused-ring (bicyclic) bond motifs is 1. The maximum atomic E-state index is 11.6. The van der Waals surface area contributed by atoms with Crippen molar-refractivity contribution in [3.8, 4) is 0 Å². The highest BCUT2D eigenvalue weighted by Gasteiger charge is 2.15. The van der Waals surface area contributed by atoms with Gasteiger partial charge in [0, 0.05) is 11.1 Å². The third-order valence-corrected chi connectivity index (χ3v) is 2.89. The molecule has 0 radical (unpaired) electrons. The molecule has 0 fully saturated rings. The topological polar surface area (TPSA) is 52.2 Å². The molecule has 0 spiro atoms. The monoisotopic (exact) mass is 273 g/mol. The zero-order chi connectivity index (χ0) is 12.7. The van der Waals surface area contributed by atoms with Crippen molar-refractivity contribution < 1.29 is 4.42 Å². The number of hydrogen-bond acceptors (Lipinski definition) is 3. The van der Waals surface area contributed by atoms with Gasteiger partial charge in [-0.1, -0.05) is 23.2 Å².